The predicted octanol–water partition coefficient (Wildman–Crippen LogP) is 5.93. The first-order chi connectivity index (χ1) is 11.4. The van der Waals surface area contributed by atoms with Crippen molar-refractivity contribution in [1.29, 1.82) is 0 Å². The van der Waals surface area contributed by atoms with E-state index in [9.17, 15) is 0 Å². The second kappa shape index (κ2) is 7.44. The van der Waals surface area contributed by atoms with Crippen LogP contribution in [0.2, 0.25) is 0 Å². The Balaban J connectivity index is 0.00000169. The highest BCUT2D eigenvalue weighted by atomic mass is 35.5. The fraction of sp³-hybridized carbons (Fsp3) is 0. The van der Waals surface area contributed by atoms with Crippen LogP contribution in [0.25, 0.3) is 33.4 Å². The van der Waals surface area contributed by atoms with E-state index in [4.69, 9.17) is 0 Å². The molecule has 1 aromatic carbocycles. The maximum absolute atomic E-state index is 4.59. The summed E-state index contributed by atoms with van der Waals surface area (Å²) < 4.78 is 0. The molecule has 4 aromatic rings. The fourth-order valence-electron chi connectivity index (χ4n) is 2.76. The van der Waals surface area contributed by atoms with Gasteiger partial charge in [0.05, 0.1) is 11.4 Å². The van der Waals surface area contributed by atoms with Crippen molar-refractivity contribution in [3.63, 3.8) is 0 Å². The molecular formula is C20H16ClN2P. The van der Waals surface area contributed by atoms with E-state index >= 15 is 0 Å². The summed E-state index contributed by atoms with van der Waals surface area (Å²) in [5.74, 6) is 2.31. The maximum Gasteiger partial charge on any atom is 0.0746 e. The number of hydrogen-bond acceptors (Lipinski definition) is 2. The van der Waals surface area contributed by atoms with Crippen molar-refractivity contribution >= 4 is 20.6 Å². The van der Waals surface area contributed by atoms with Gasteiger partial charge in [0.2, 0.25) is 0 Å². The Morgan fingerprint density at radius 2 is 1.29 bits per heavy atom. The van der Waals surface area contributed by atoms with Gasteiger partial charge >= 0.3 is 0 Å². The Morgan fingerprint density at radius 1 is 0.667 bits per heavy atom. The molecule has 4 rings (SSSR count). The first-order valence-electron chi connectivity index (χ1n) is 7.53. The highest BCUT2D eigenvalue weighted by molar-refractivity contribution is 7.34. The van der Waals surface area contributed by atoms with Crippen LogP contribution in [0.3, 0.4) is 0 Å². The molecular weight excluding hydrogens is 335 g/mol. The van der Waals surface area contributed by atoms with Gasteiger partial charge in [-0.1, -0.05) is 42.5 Å². The third-order valence-electron chi connectivity index (χ3n) is 3.81. The zero-order valence-corrected chi connectivity index (χ0v) is 14.7. The Bertz CT molecular complexity index is 849. The van der Waals surface area contributed by atoms with Crippen molar-refractivity contribution < 1.29 is 0 Å². The summed E-state index contributed by atoms with van der Waals surface area (Å²) in [5.41, 5.74) is 5.73. The number of hydrogen-bond donors (Lipinski definition) is 0. The molecule has 0 aliphatic carbocycles. The van der Waals surface area contributed by atoms with Gasteiger partial charge in [-0.3, -0.25) is 9.97 Å². The standard InChI is InChI=1S/C20H15N2P.ClH/c1-2-8-15(9-3-1)16-14-23-20(18-11-5-7-13-22-18)19(16)17-10-4-6-12-21-17;/h1-14,23H;1H. The van der Waals surface area contributed by atoms with Crippen LogP contribution >= 0.6 is 20.6 Å². The summed E-state index contributed by atoms with van der Waals surface area (Å²) >= 11 is 0. The quantitative estimate of drug-likeness (QED) is 0.457. The third kappa shape index (κ3) is 3.12. The lowest BCUT2D eigenvalue weighted by Crippen LogP contribution is -1.87. The first-order valence-corrected chi connectivity index (χ1v) is 8.61. The molecule has 0 saturated carbocycles. The lowest BCUT2D eigenvalue weighted by molar-refractivity contribution is 1.31. The number of nitrogens with zero attached hydrogens (tertiary/aromatic N) is 2. The molecule has 1 atom stereocenters. The van der Waals surface area contributed by atoms with Crippen LogP contribution in [0.4, 0.5) is 0 Å². The highest BCUT2D eigenvalue weighted by Gasteiger charge is 2.16. The summed E-state index contributed by atoms with van der Waals surface area (Å²) in [6.07, 6.45) is 3.70. The van der Waals surface area contributed by atoms with E-state index in [0.29, 0.717) is 8.19 Å². The number of benzene rings is 1. The molecule has 0 aliphatic heterocycles. The molecule has 3 heterocycles. The minimum atomic E-state index is 0. The van der Waals surface area contributed by atoms with Gasteiger partial charge in [0.1, 0.15) is 0 Å². The SMILES string of the molecule is Cl.c1ccc(-c2c[pH]c(-c3ccccn3)c2-c2ccccn2)cc1. The molecule has 2 nitrogen and oxygen atoms in total. The minimum absolute atomic E-state index is 0. The average Bonchev–Trinajstić information content (AvgIpc) is 3.09. The summed E-state index contributed by atoms with van der Waals surface area (Å²) in [7, 11) is 0.604. The molecule has 0 amide bonds. The van der Waals surface area contributed by atoms with Gasteiger partial charge in [-0.05, 0) is 41.2 Å². The van der Waals surface area contributed by atoms with Crippen molar-refractivity contribution in [2.45, 2.75) is 0 Å². The van der Waals surface area contributed by atoms with Gasteiger partial charge in [0, 0.05) is 23.3 Å². The van der Waals surface area contributed by atoms with E-state index in [1.807, 2.05) is 42.7 Å². The molecule has 0 bridgehead atoms. The zero-order chi connectivity index (χ0) is 15.5. The number of pyridine rings is 2. The third-order valence-corrected chi connectivity index (χ3v) is 5.03. The molecule has 3 aromatic heterocycles. The van der Waals surface area contributed by atoms with Crippen LogP contribution in [0.15, 0.2) is 84.9 Å². The van der Waals surface area contributed by atoms with Gasteiger partial charge < -0.3 is 0 Å². The van der Waals surface area contributed by atoms with Crippen molar-refractivity contribution in [3.05, 3.63) is 84.9 Å². The van der Waals surface area contributed by atoms with Gasteiger partial charge in [-0.15, -0.1) is 20.6 Å². The molecule has 0 saturated heterocycles. The number of rotatable bonds is 3. The van der Waals surface area contributed by atoms with Crippen LogP contribution in [0, 0.1) is 0 Å². The summed E-state index contributed by atoms with van der Waals surface area (Å²) in [6, 6.07) is 22.6. The molecule has 1 unspecified atom stereocenters. The zero-order valence-electron chi connectivity index (χ0n) is 12.9. The summed E-state index contributed by atoms with van der Waals surface area (Å²) in [5, 5.41) is 1.27. The smallest absolute Gasteiger partial charge is 0.0746 e. The maximum atomic E-state index is 4.59. The second-order valence-electron chi connectivity index (χ2n) is 5.25. The Kier molecular flexibility index (Phi) is 5.10. The van der Waals surface area contributed by atoms with Crippen molar-refractivity contribution in [1.82, 2.24) is 9.97 Å². The average molecular weight is 351 g/mol. The fourth-order valence-corrected chi connectivity index (χ4v) is 4.06. The van der Waals surface area contributed by atoms with Crippen molar-refractivity contribution in [2.75, 3.05) is 0 Å². The van der Waals surface area contributed by atoms with E-state index in [2.05, 4.69) is 52.2 Å². The van der Waals surface area contributed by atoms with E-state index in [0.717, 1.165) is 11.4 Å². The molecule has 0 fully saturated rings. The second-order valence-corrected chi connectivity index (χ2v) is 6.33. The number of halogens is 1. The lowest BCUT2D eigenvalue weighted by Gasteiger charge is -2.08. The highest BCUT2D eigenvalue weighted by Crippen LogP contribution is 2.45. The van der Waals surface area contributed by atoms with Crippen LogP contribution in [-0.4, -0.2) is 9.97 Å². The van der Waals surface area contributed by atoms with Gasteiger partial charge in [0.25, 0.3) is 0 Å². The molecule has 0 aliphatic rings. The Morgan fingerprint density at radius 3 is 1.92 bits per heavy atom. The lowest BCUT2D eigenvalue weighted by atomic mass is 9.99. The molecule has 0 spiro atoms. The van der Waals surface area contributed by atoms with Gasteiger partial charge in [-0.25, -0.2) is 0 Å². The minimum Gasteiger partial charge on any atom is -0.256 e. The van der Waals surface area contributed by atoms with Gasteiger partial charge in [-0.2, -0.15) is 0 Å². The predicted molar refractivity (Wildman–Crippen MR) is 105 cm³/mol. The number of aromatic nitrogens is 2. The van der Waals surface area contributed by atoms with E-state index < -0.39 is 0 Å². The Hall–Kier alpha value is -2.41. The van der Waals surface area contributed by atoms with Crippen LogP contribution in [0.5, 0.6) is 0 Å². The molecule has 4 heteroatoms. The Labute approximate surface area is 149 Å². The normalized spacial score (nSPS) is 10.5. The molecule has 0 N–H and O–H groups in total. The molecule has 118 valence electrons. The van der Waals surface area contributed by atoms with Gasteiger partial charge in [0.15, 0.2) is 0 Å². The van der Waals surface area contributed by atoms with Crippen LogP contribution in [-0.2, 0) is 0 Å². The van der Waals surface area contributed by atoms with E-state index in [1.54, 1.807) is 0 Å². The topological polar surface area (TPSA) is 25.8 Å². The monoisotopic (exact) mass is 350 g/mol. The van der Waals surface area contributed by atoms with Crippen molar-refractivity contribution in [3.8, 4) is 33.4 Å². The molecule has 24 heavy (non-hydrogen) atoms. The van der Waals surface area contributed by atoms with Crippen molar-refractivity contribution in [2.24, 2.45) is 0 Å². The van der Waals surface area contributed by atoms with Crippen LogP contribution in [0.1, 0.15) is 0 Å². The van der Waals surface area contributed by atoms with E-state index in [-0.39, 0.29) is 12.4 Å². The largest absolute Gasteiger partial charge is 0.256 e. The van der Waals surface area contributed by atoms with Crippen LogP contribution < -0.4 is 0 Å². The first kappa shape index (κ1) is 16.4. The summed E-state index contributed by atoms with van der Waals surface area (Å²) in [6.45, 7) is 0. The summed E-state index contributed by atoms with van der Waals surface area (Å²) in [4.78, 5) is 9.14. The van der Waals surface area contributed by atoms with E-state index in [1.165, 1.54) is 22.0 Å². The molecule has 0 radical (unpaired) electrons.